The second kappa shape index (κ2) is 14.3. The SMILES string of the molecule is C[C@@H](CO)Oc1cccc(-n2nc(C(C)(C)C)cc2NC(=O)N[C@H]2CC[C@@H](Oc3ccc4nnc(N5CCCC[C@@H]5C)n4c3)c3ccccc32)c1. The van der Waals surface area contributed by atoms with Gasteiger partial charge in [-0.1, -0.05) is 51.1 Å². The number of amides is 2. The van der Waals surface area contributed by atoms with E-state index in [-0.39, 0.29) is 36.3 Å². The van der Waals surface area contributed by atoms with E-state index in [2.05, 4.69) is 65.6 Å². The van der Waals surface area contributed by atoms with Gasteiger partial charge in [-0.05, 0) is 81.3 Å². The molecule has 0 bridgehead atoms. The number of carbonyl (C=O) groups is 1. The fourth-order valence-electron chi connectivity index (χ4n) is 7.01. The molecule has 0 radical (unpaired) electrons. The van der Waals surface area contributed by atoms with Crippen LogP contribution in [-0.4, -0.2) is 60.8 Å². The zero-order chi connectivity index (χ0) is 35.7. The Morgan fingerprint density at radius 2 is 1.80 bits per heavy atom. The summed E-state index contributed by atoms with van der Waals surface area (Å²) >= 11 is 0. The maximum Gasteiger partial charge on any atom is 0.320 e. The molecule has 0 spiro atoms. The van der Waals surface area contributed by atoms with Crippen LogP contribution in [0.25, 0.3) is 11.3 Å². The van der Waals surface area contributed by atoms with Gasteiger partial charge < -0.3 is 24.8 Å². The summed E-state index contributed by atoms with van der Waals surface area (Å²) in [6, 6.07) is 21.3. The van der Waals surface area contributed by atoms with Gasteiger partial charge in [-0.2, -0.15) is 5.10 Å². The summed E-state index contributed by atoms with van der Waals surface area (Å²) in [5, 5.41) is 29.6. The Hall–Kier alpha value is -5.10. The van der Waals surface area contributed by atoms with Gasteiger partial charge in [0.05, 0.1) is 30.2 Å². The van der Waals surface area contributed by atoms with Crippen molar-refractivity contribution in [2.45, 2.75) is 96.4 Å². The number of pyridine rings is 1. The molecule has 12 heteroatoms. The van der Waals surface area contributed by atoms with Crippen LogP contribution in [0.2, 0.25) is 0 Å². The topological polar surface area (TPSA) is 131 Å². The average molecular weight is 693 g/mol. The number of benzene rings is 2. The number of nitrogens with one attached hydrogen (secondary N) is 2. The van der Waals surface area contributed by atoms with Gasteiger partial charge in [0.25, 0.3) is 0 Å². The maximum absolute atomic E-state index is 13.7. The summed E-state index contributed by atoms with van der Waals surface area (Å²) in [6.07, 6.45) is 6.43. The second-order valence-corrected chi connectivity index (χ2v) is 14.8. The minimum Gasteiger partial charge on any atom is -0.488 e. The van der Waals surface area contributed by atoms with Crippen LogP contribution in [0.4, 0.5) is 16.6 Å². The minimum absolute atomic E-state index is 0.0949. The lowest BCUT2D eigenvalue weighted by Gasteiger charge is -2.33. The zero-order valence-corrected chi connectivity index (χ0v) is 30.0. The predicted molar refractivity (Wildman–Crippen MR) is 197 cm³/mol. The van der Waals surface area contributed by atoms with Crippen LogP contribution in [0.15, 0.2) is 72.9 Å². The molecule has 3 aromatic heterocycles. The molecular weight excluding hydrogens is 644 g/mol. The molecule has 4 atom stereocenters. The third kappa shape index (κ3) is 7.37. The molecule has 3 N–H and O–H groups in total. The second-order valence-electron chi connectivity index (χ2n) is 14.8. The molecule has 12 nitrogen and oxygen atoms in total. The first-order valence-electron chi connectivity index (χ1n) is 18.0. The van der Waals surface area contributed by atoms with Crippen molar-refractivity contribution in [2.24, 2.45) is 0 Å². The minimum atomic E-state index is -0.353. The Kier molecular flexibility index (Phi) is 9.61. The number of anilines is 2. The number of aromatic nitrogens is 5. The van der Waals surface area contributed by atoms with Crippen molar-refractivity contribution >= 4 is 23.4 Å². The molecule has 5 aromatic rings. The highest BCUT2D eigenvalue weighted by molar-refractivity contribution is 5.89. The first-order valence-corrected chi connectivity index (χ1v) is 18.0. The third-order valence-corrected chi connectivity index (χ3v) is 9.81. The normalized spacial score (nSPS) is 19.7. The number of rotatable bonds is 9. The predicted octanol–water partition coefficient (Wildman–Crippen LogP) is 7.13. The van der Waals surface area contributed by atoms with Crippen molar-refractivity contribution in [2.75, 3.05) is 23.4 Å². The molecule has 0 unspecified atom stereocenters. The molecule has 268 valence electrons. The number of nitrogens with zero attached hydrogens (tertiary/aromatic N) is 6. The van der Waals surface area contributed by atoms with Gasteiger partial charge in [0.1, 0.15) is 29.5 Å². The Labute approximate surface area is 298 Å². The molecule has 2 aliphatic rings. The number of fused-ring (bicyclic) bond motifs is 2. The van der Waals surface area contributed by atoms with E-state index in [0.717, 1.165) is 65.7 Å². The van der Waals surface area contributed by atoms with E-state index in [1.807, 2.05) is 65.2 Å². The third-order valence-electron chi connectivity index (χ3n) is 9.81. The maximum atomic E-state index is 13.7. The first kappa shape index (κ1) is 34.4. The summed E-state index contributed by atoms with van der Waals surface area (Å²) in [5.41, 5.74) is 4.19. The van der Waals surface area contributed by atoms with Gasteiger partial charge in [-0.15, -0.1) is 10.2 Å². The number of urea groups is 1. The highest BCUT2D eigenvalue weighted by Crippen LogP contribution is 2.39. The lowest BCUT2D eigenvalue weighted by Crippen LogP contribution is -2.38. The van der Waals surface area contributed by atoms with Crippen LogP contribution < -0.4 is 25.0 Å². The van der Waals surface area contributed by atoms with Crippen molar-refractivity contribution in [1.29, 1.82) is 0 Å². The molecule has 2 aromatic carbocycles. The van der Waals surface area contributed by atoms with E-state index in [1.54, 1.807) is 11.6 Å². The van der Waals surface area contributed by atoms with Crippen LogP contribution >= 0.6 is 0 Å². The van der Waals surface area contributed by atoms with E-state index in [0.29, 0.717) is 24.0 Å². The van der Waals surface area contributed by atoms with E-state index < -0.39 is 0 Å². The molecular formula is C39H48N8O4. The summed E-state index contributed by atoms with van der Waals surface area (Å²) in [6.45, 7) is 11.2. The smallest absolute Gasteiger partial charge is 0.320 e. The van der Waals surface area contributed by atoms with Crippen molar-refractivity contribution in [3.8, 4) is 17.2 Å². The summed E-state index contributed by atoms with van der Waals surface area (Å²) < 4.78 is 16.3. The summed E-state index contributed by atoms with van der Waals surface area (Å²) in [7, 11) is 0. The molecule has 1 fully saturated rings. The lowest BCUT2D eigenvalue weighted by molar-refractivity contribution is 0.129. The number of ether oxygens (including phenoxy) is 2. The number of carbonyl (C=O) groups excluding carboxylic acids is 1. The van der Waals surface area contributed by atoms with E-state index in [9.17, 15) is 9.90 Å². The first-order chi connectivity index (χ1) is 24.6. The number of aliphatic hydroxyl groups excluding tert-OH is 1. The Balaban J connectivity index is 1.08. The van der Waals surface area contributed by atoms with Crippen molar-refractivity contribution in [3.05, 3.63) is 89.7 Å². The van der Waals surface area contributed by atoms with Crippen LogP contribution in [0, 0.1) is 0 Å². The Morgan fingerprint density at radius 1 is 0.980 bits per heavy atom. The molecule has 1 saturated heterocycles. The van der Waals surface area contributed by atoms with Crippen LogP contribution in [0.3, 0.4) is 0 Å². The van der Waals surface area contributed by atoms with Gasteiger partial charge in [0.15, 0.2) is 5.65 Å². The molecule has 1 aliphatic heterocycles. The molecule has 0 saturated carbocycles. The van der Waals surface area contributed by atoms with E-state index >= 15 is 0 Å². The van der Waals surface area contributed by atoms with Crippen LogP contribution in [0.5, 0.6) is 11.5 Å². The fraction of sp³-hybridized carbons (Fsp3) is 0.436. The monoisotopic (exact) mass is 692 g/mol. The molecule has 7 rings (SSSR count). The standard InChI is InChI=1S/C39H48N8O4/c1-25-11-8-9-20-45(25)38-43-42-35-19-16-29(23-46(35)38)51-33-18-17-32(30-14-6-7-15-31(30)33)40-37(49)41-36-22-34(39(3,4)5)44-47(36)27-12-10-13-28(21-27)50-26(2)24-48/h6-7,10,12-16,19,21-23,25-26,32-33,48H,8-9,11,17-18,20,24H2,1-5H3,(H2,40,41,49)/t25-,26-,32-,33+/m0/s1. The largest absolute Gasteiger partial charge is 0.488 e. The highest BCUT2D eigenvalue weighted by atomic mass is 16.5. The van der Waals surface area contributed by atoms with Crippen molar-refractivity contribution in [1.82, 2.24) is 29.7 Å². The lowest BCUT2D eigenvalue weighted by atomic mass is 9.85. The number of hydrogen-bond acceptors (Lipinski definition) is 8. The Morgan fingerprint density at radius 3 is 2.59 bits per heavy atom. The highest BCUT2D eigenvalue weighted by Gasteiger charge is 2.31. The molecule has 1 aliphatic carbocycles. The quantitative estimate of drug-likeness (QED) is 0.149. The van der Waals surface area contributed by atoms with Gasteiger partial charge >= 0.3 is 6.03 Å². The number of hydrogen-bond donors (Lipinski definition) is 3. The zero-order valence-electron chi connectivity index (χ0n) is 30.0. The van der Waals surface area contributed by atoms with Crippen LogP contribution in [0.1, 0.15) is 95.7 Å². The molecule has 51 heavy (non-hydrogen) atoms. The fourth-order valence-corrected chi connectivity index (χ4v) is 7.01. The Bertz CT molecular complexity index is 2000. The number of aliphatic hydroxyl groups is 1. The van der Waals surface area contributed by atoms with E-state index in [4.69, 9.17) is 14.6 Å². The van der Waals surface area contributed by atoms with Gasteiger partial charge in [0.2, 0.25) is 5.95 Å². The van der Waals surface area contributed by atoms with E-state index in [1.165, 1.54) is 6.42 Å². The van der Waals surface area contributed by atoms with Crippen molar-refractivity contribution in [3.63, 3.8) is 0 Å². The van der Waals surface area contributed by atoms with Gasteiger partial charge in [-0.3, -0.25) is 9.72 Å². The van der Waals surface area contributed by atoms with Gasteiger partial charge in [-0.25, -0.2) is 9.48 Å². The summed E-state index contributed by atoms with van der Waals surface area (Å²) in [5.74, 6) is 2.75. The van der Waals surface area contributed by atoms with Crippen molar-refractivity contribution < 1.29 is 19.4 Å². The average Bonchev–Trinajstić information content (AvgIpc) is 3.74. The van der Waals surface area contributed by atoms with Gasteiger partial charge in [0, 0.05) is 30.1 Å². The number of piperidine rings is 1. The molecule has 2 amide bonds. The molecule has 4 heterocycles. The van der Waals surface area contributed by atoms with Crippen LogP contribution in [-0.2, 0) is 5.41 Å². The summed E-state index contributed by atoms with van der Waals surface area (Å²) in [4.78, 5) is 16.0.